The van der Waals surface area contributed by atoms with Crippen molar-refractivity contribution in [2.24, 2.45) is 0 Å². The third-order valence-electron chi connectivity index (χ3n) is 4.07. The number of sulfone groups is 1. The maximum Gasteiger partial charge on any atom is 0.418 e. The van der Waals surface area contributed by atoms with Crippen LogP contribution in [0.3, 0.4) is 0 Å². The lowest BCUT2D eigenvalue weighted by Crippen LogP contribution is -2.37. The second-order valence-corrected chi connectivity index (χ2v) is 8.72. The summed E-state index contributed by atoms with van der Waals surface area (Å²) in [6, 6.07) is 10.8. The van der Waals surface area contributed by atoms with Crippen LogP contribution in [0.1, 0.15) is 18.1 Å². The number of carbonyl (C=O) groups excluding carboxylic acids is 2. The number of hydrogen-bond donors (Lipinski definition) is 2. The van der Waals surface area contributed by atoms with Crippen molar-refractivity contribution in [3.63, 3.8) is 0 Å². The van der Waals surface area contributed by atoms with Gasteiger partial charge in [0.1, 0.15) is 11.0 Å². The Morgan fingerprint density at radius 2 is 1.59 bits per heavy atom. The number of hydrogen-bond acceptors (Lipinski definition) is 4. The molecule has 6 nitrogen and oxygen atoms in total. The van der Waals surface area contributed by atoms with Crippen LogP contribution in [0.4, 0.5) is 24.5 Å². The third kappa shape index (κ3) is 6.05. The number of rotatable bonds is 6. The lowest BCUT2D eigenvalue weighted by molar-refractivity contribution is -0.137. The second-order valence-electron chi connectivity index (χ2n) is 6.40. The Morgan fingerprint density at radius 1 is 1.00 bits per heavy atom. The molecule has 29 heavy (non-hydrogen) atoms. The number of alkyl halides is 3. The number of aryl methyl sites for hydroxylation is 1. The van der Waals surface area contributed by atoms with Gasteiger partial charge in [0, 0.05) is 5.69 Å². The Morgan fingerprint density at radius 3 is 2.17 bits per heavy atom. The molecule has 1 unspecified atom stereocenters. The summed E-state index contributed by atoms with van der Waals surface area (Å²) in [5.41, 5.74) is -0.335. The topological polar surface area (TPSA) is 92.3 Å². The first-order valence-corrected chi connectivity index (χ1v) is 10.2. The Labute approximate surface area is 166 Å². The average molecular weight is 428 g/mol. The summed E-state index contributed by atoms with van der Waals surface area (Å²) in [5, 5.41) is 2.65. The molecule has 1 atom stereocenters. The largest absolute Gasteiger partial charge is 0.418 e. The van der Waals surface area contributed by atoms with Crippen molar-refractivity contribution in [3.8, 4) is 0 Å². The molecule has 0 aromatic heterocycles. The molecule has 10 heteroatoms. The highest BCUT2D eigenvalue weighted by atomic mass is 32.2. The quantitative estimate of drug-likeness (QED) is 0.738. The first kappa shape index (κ1) is 22.4. The van der Waals surface area contributed by atoms with E-state index >= 15 is 0 Å². The maximum atomic E-state index is 13.0. The molecule has 0 aliphatic rings. The molecule has 0 heterocycles. The van der Waals surface area contributed by atoms with E-state index in [1.54, 1.807) is 24.3 Å². The summed E-state index contributed by atoms with van der Waals surface area (Å²) in [4.78, 5) is 24.2. The fourth-order valence-electron chi connectivity index (χ4n) is 2.38. The highest BCUT2D eigenvalue weighted by Gasteiger charge is 2.35. The van der Waals surface area contributed by atoms with Gasteiger partial charge in [0.2, 0.25) is 11.8 Å². The predicted molar refractivity (Wildman–Crippen MR) is 103 cm³/mol. The van der Waals surface area contributed by atoms with E-state index in [1.165, 1.54) is 6.07 Å². The Bertz CT molecular complexity index is 1000. The van der Waals surface area contributed by atoms with Crippen molar-refractivity contribution in [2.75, 3.05) is 16.4 Å². The van der Waals surface area contributed by atoms with Gasteiger partial charge in [-0.3, -0.25) is 9.59 Å². The Balaban J connectivity index is 2.08. The molecule has 156 valence electrons. The number of anilines is 2. The molecule has 2 N–H and O–H groups in total. The molecular formula is C19H19F3N2O4S. The van der Waals surface area contributed by atoms with E-state index in [9.17, 15) is 31.2 Å². The fourth-order valence-corrected chi connectivity index (χ4v) is 3.45. The molecule has 0 saturated carbocycles. The number of carbonyl (C=O) groups is 2. The number of nitrogens with one attached hydrogen (secondary N) is 2. The lowest BCUT2D eigenvalue weighted by Gasteiger charge is -2.16. The first-order chi connectivity index (χ1) is 13.4. The number of benzene rings is 2. The smallest absolute Gasteiger partial charge is 0.325 e. The van der Waals surface area contributed by atoms with E-state index in [1.807, 2.05) is 12.2 Å². The molecule has 0 fully saturated rings. The molecule has 0 bridgehead atoms. The summed E-state index contributed by atoms with van der Waals surface area (Å²) in [7, 11) is -4.26. The van der Waals surface area contributed by atoms with Crippen LogP contribution in [0.25, 0.3) is 0 Å². The molecule has 0 aliphatic heterocycles. The van der Waals surface area contributed by atoms with E-state index in [0.29, 0.717) is 5.69 Å². The average Bonchev–Trinajstić information content (AvgIpc) is 2.62. The molecule has 0 radical (unpaired) electrons. The third-order valence-corrected chi connectivity index (χ3v) is 6.02. The van der Waals surface area contributed by atoms with Crippen molar-refractivity contribution in [1.29, 1.82) is 0 Å². The van der Waals surface area contributed by atoms with Gasteiger partial charge in [-0.1, -0.05) is 29.8 Å². The molecule has 0 aliphatic carbocycles. The van der Waals surface area contributed by atoms with Crippen LogP contribution in [0.5, 0.6) is 0 Å². The maximum absolute atomic E-state index is 13.0. The lowest BCUT2D eigenvalue weighted by atomic mass is 10.1. The van der Waals surface area contributed by atoms with E-state index in [-0.39, 0.29) is 0 Å². The molecule has 2 aromatic rings. The van der Waals surface area contributed by atoms with E-state index in [2.05, 4.69) is 5.32 Å². The standard InChI is InChI=1S/C19H19F3N2O4S/c1-12-7-9-14(10-8-12)23-17(25)11-29(27,28)13(2)18(26)24-16-6-4-3-5-15(16)19(20,21)22/h3-10,13H,11H2,1-2H3,(H,23,25)(H,24,26). The second kappa shape index (κ2) is 8.64. The van der Waals surface area contributed by atoms with Gasteiger partial charge in [-0.15, -0.1) is 0 Å². The van der Waals surface area contributed by atoms with Gasteiger partial charge in [0.05, 0.1) is 11.3 Å². The molecule has 2 rings (SSSR count). The van der Waals surface area contributed by atoms with E-state index in [0.717, 1.165) is 30.7 Å². The Kier molecular flexibility index (Phi) is 6.68. The summed E-state index contributed by atoms with van der Waals surface area (Å²) < 4.78 is 63.8. The molecule has 0 spiro atoms. The van der Waals surface area contributed by atoms with Crippen molar-refractivity contribution in [3.05, 3.63) is 59.7 Å². The highest BCUT2D eigenvalue weighted by Crippen LogP contribution is 2.34. The van der Waals surface area contributed by atoms with Gasteiger partial charge in [-0.05, 0) is 38.1 Å². The van der Waals surface area contributed by atoms with Gasteiger partial charge in [-0.25, -0.2) is 8.42 Å². The minimum absolute atomic E-state index is 0.381. The van der Waals surface area contributed by atoms with Crippen LogP contribution in [-0.2, 0) is 25.6 Å². The molecule has 0 saturated heterocycles. The van der Waals surface area contributed by atoms with E-state index < -0.39 is 50.1 Å². The van der Waals surface area contributed by atoms with Crippen LogP contribution in [0.15, 0.2) is 48.5 Å². The van der Waals surface area contributed by atoms with Crippen LogP contribution in [0, 0.1) is 6.92 Å². The zero-order valence-corrected chi connectivity index (χ0v) is 16.4. The van der Waals surface area contributed by atoms with Gasteiger partial charge >= 0.3 is 6.18 Å². The molecule has 2 aromatic carbocycles. The predicted octanol–water partition coefficient (Wildman–Crippen LogP) is 3.39. The monoisotopic (exact) mass is 428 g/mol. The van der Waals surface area contributed by atoms with Crippen molar-refractivity contribution in [2.45, 2.75) is 25.3 Å². The van der Waals surface area contributed by atoms with Crippen LogP contribution < -0.4 is 10.6 Å². The van der Waals surface area contributed by atoms with Gasteiger partial charge in [0.15, 0.2) is 9.84 Å². The van der Waals surface area contributed by atoms with Crippen molar-refractivity contribution >= 4 is 33.0 Å². The zero-order chi connectivity index (χ0) is 21.8. The normalized spacial score (nSPS) is 12.9. The number of halogens is 3. The fraction of sp³-hybridized carbons (Fsp3) is 0.263. The van der Waals surface area contributed by atoms with Crippen molar-refractivity contribution < 1.29 is 31.2 Å². The minimum Gasteiger partial charge on any atom is -0.325 e. The van der Waals surface area contributed by atoms with Crippen LogP contribution in [-0.4, -0.2) is 31.2 Å². The summed E-state index contributed by atoms with van der Waals surface area (Å²) in [6.07, 6.45) is -4.72. The minimum atomic E-state index is -4.72. The van der Waals surface area contributed by atoms with Gasteiger partial charge in [-0.2, -0.15) is 13.2 Å². The van der Waals surface area contributed by atoms with Gasteiger partial charge in [0.25, 0.3) is 0 Å². The first-order valence-electron chi connectivity index (χ1n) is 8.45. The van der Waals surface area contributed by atoms with Crippen molar-refractivity contribution in [1.82, 2.24) is 0 Å². The SMILES string of the molecule is Cc1ccc(NC(=O)CS(=O)(=O)C(C)C(=O)Nc2ccccc2C(F)(F)F)cc1. The molecule has 2 amide bonds. The number of amides is 2. The summed E-state index contributed by atoms with van der Waals surface area (Å²) in [6.45, 7) is 2.85. The molecular weight excluding hydrogens is 409 g/mol. The number of para-hydroxylation sites is 1. The van der Waals surface area contributed by atoms with Crippen LogP contribution >= 0.6 is 0 Å². The van der Waals surface area contributed by atoms with Gasteiger partial charge < -0.3 is 10.6 Å². The summed E-state index contributed by atoms with van der Waals surface area (Å²) >= 11 is 0. The Hall–Kier alpha value is -2.88. The highest BCUT2D eigenvalue weighted by molar-refractivity contribution is 7.93. The van der Waals surface area contributed by atoms with Crippen LogP contribution in [0.2, 0.25) is 0 Å². The van der Waals surface area contributed by atoms with E-state index in [4.69, 9.17) is 0 Å². The zero-order valence-electron chi connectivity index (χ0n) is 15.6. The summed E-state index contributed by atoms with van der Waals surface area (Å²) in [5.74, 6) is -3.01.